The Morgan fingerprint density at radius 3 is 2.42 bits per heavy atom. The van der Waals surface area contributed by atoms with E-state index < -0.39 is 0 Å². The maximum absolute atomic E-state index is 6.50. The number of hydrogen-bond donors (Lipinski definition) is 1. The summed E-state index contributed by atoms with van der Waals surface area (Å²) in [4.78, 5) is 3.09. The smallest absolute Gasteiger partial charge is 0.256 e. The first-order chi connectivity index (χ1) is 12.4. The second-order valence-electron chi connectivity index (χ2n) is 6.49. The van der Waals surface area contributed by atoms with E-state index in [4.69, 9.17) is 21.8 Å². The van der Waals surface area contributed by atoms with Crippen molar-refractivity contribution in [1.29, 1.82) is 0 Å². The van der Waals surface area contributed by atoms with Gasteiger partial charge in [0.15, 0.2) is 0 Å². The molecule has 2 aliphatic heterocycles. The Balaban J connectivity index is 1.74. The first kappa shape index (κ1) is 17.2. The second kappa shape index (κ2) is 6.21. The van der Waals surface area contributed by atoms with E-state index in [1.165, 1.54) is 16.8 Å². The number of rotatable bonds is 2. The molecule has 2 aromatic rings. The number of likely N-dealkylation sites (N-methyl/N-ethyl adjacent to an activating group) is 1. The summed E-state index contributed by atoms with van der Waals surface area (Å²) >= 11 is 7.60. The SMILES string of the molecule is CC1=C2C(N)=C(c3nnc(-c4ccc(Cl)cc4)o3)SC2N(C)C(C)=C1C. The van der Waals surface area contributed by atoms with E-state index in [-0.39, 0.29) is 5.37 Å². The lowest BCUT2D eigenvalue weighted by Gasteiger charge is -2.35. The molecule has 0 saturated carbocycles. The number of nitrogens with zero attached hydrogens (tertiary/aromatic N) is 3. The highest BCUT2D eigenvalue weighted by atomic mass is 35.5. The Morgan fingerprint density at radius 1 is 1.08 bits per heavy atom. The molecule has 0 bridgehead atoms. The first-order valence-electron chi connectivity index (χ1n) is 8.26. The molecule has 1 unspecified atom stereocenters. The third-order valence-corrected chi connectivity index (χ3v) is 6.77. The fourth-order valence-corrected chi connectivity index (χ4v) is 4.76. The van der Waals surface area contributed by atoms with Crippen molar-refractivity contribution in [1.82, 2.24) is 15.1 Å². The van der Waals surface area contributed by atoms with Crippen LogP contribution in [0.15, 0.2) is 56.8 Å². The average molecular weight is 387 g/mol. The van der Waals surface area contributed by atoms with Crippen molar-refractivity contribution in [3.8, 4) is 11.5 Å². The Labute approximate surface area is 161 Å². The van der Waals surface area contributed by atoms with Crippen molar-refractivity contribution in [2.24, 2.45) is 5.73 Å². The van der Waals surface area contributed by atoms with Crippen LogP contribution in [0.2, 0.25) is 5.02 Å². The van der Waals surface area contributed by atoms with E-state index in [0.717, 1.165) is 21.7 Å². The van der Waals surface area contributed by atoms with E-state index >= 15 is 0 Å². The van der Waals surface area contributed by atoms with Gasteiger partial charge in [-0.05, 0) is 56.2 Å². The van der Waals surface area contributed by atoms with Crippen molar-refractivity contribution >= 4 is 28.3 Å². The second-order valence-corrected chi connectivity index (χ2v) is 8.02. The van der Waals surface area contributed by atoms with Crippen molar-refractivity contribution in [2.45, 2.75) is 26.1 Å². The average Bonchev–Trinajstić information content (AvgIpc) is 3.23. The topological polar surface area (TPSA) is 68.2 Å². The van der Waals surface area contributed by atoms with Gasteiger partial charge in [0.25, 0.3) is 5.89 Å². The molecule has 0 fully saturated rings. The highest BCUT2D eigenvalue weighted by Gasteiger charge is 2.39. The predicted molar refractivity (Wildman–Crippen MR) is 106 cm³/mol. The largest absolute Gasteiger partial charge is 0.415 e. The number of aromatic nitrogens is 2. The molecule has 1 atom stereocenters. The van der Waals surface area contributed by atoms with Crippen LogP contribution in [0.4, 0.5) is 0 Å². The highest BCUT2D eigenvalue weighted by Crippen LogP contribution is 2.50. The van der Waals surface area contributed by atoms with Crippen molar-refractivity contribution in [3.05, 3.63) is 63.3 Å². The number of thioether (sulfide) groups is 1. The number of allylic oxidation sites excluding steroid dienone is 3. The first-order valence-corrected chi connectivity index (χ1v) is 9.52. The van der Waals surface area contributed by atoms with Gasteiger partial charge in [0, 0.05) is 28.9 Å². The molecule has 134 valence electrons. The summed E-state index contributed by atoms with van der Waals surface area (Å²) in [6, 6.07) is 7.31. The summed E-state index contributed by atoms with van der Waals surface area (Å²) < 4.78 is 5.92. The molecule has 0 amide bonds. The van der Waals surface area contributed by atoms with E-state index in [0.29, 0.717) is 16.8 Å². The van der Waals surface area contributed by atoms with Gasteiger partial charge in [0.1, 0.15) is 5.37 Å². The number of hydrogen-bond acceptors (Lipinski definition) is 6. The molecule has 7 heteroatoms. The lowest BCUT2D eigenvalue weighted by atomic mass is 9.94. The minimum Gasteiger partial charge on any atom is -0.415 e. The van der Waals surface area contributed by atoms with Gasteiger partial charge in [-0.1, -0.05) is 23.4 Å². The van der Waals surface area contributed by atoms with Crippen molar-refractivity contribution < 1.29 is 4.42 Å². The maximum Gasteiger partial charge on any atom is 0.256 e. The van der Waals surface area contributed by atoms with E-state index in [1.807, 2.05) is 12.1 Å². The fourth-order valence-electron chi connectivity index (χ4n) is 3.25. The molecule has 4 rings (SSSR count). The van der Waals surface area contributed by atoms with Crippen LogP contribution in [0.1, 0.15) is 26.7 Å². The van der Waals surface area contributed by atoms with Gasteiger partial charge >= 0.3 is 0 Å². The van der Waals surface area contributed by atoms with Crippen LogP contribution in [0.3, 0.4) is 0 Å². The zero-order chi connectivity index (χ0) is 18.6. The third-order valence-electron chi connectivity index (χ3n) is 5.11. The monoisotopic (exact) mass is 386 g/mol. The van der Waals surface area contributed by atoms with Gasteiger partial charge in [-0.15, -0.1) is 10.2 Å². The van der Waals surface area contributed by atoms with Gasteiger partial charge in [-0.2, -0.15) is 0 Å². The summed E-state index contributed by atoms with van der Waals surface area (Å²) in [5.74, 6) is 0.910. The van der Waals surface area contributed by atoms with Gasteiger partial charge in [0.2, 0.25) is 5.89 Å². The van der Waals surface area contributed by atoms with Gasteiger partial charge < -0.3 is 15.1 Å². The molecule has 0 spiro atoms. The standard InChI is InChI=1S/C19H19ClN4OS/c1-9-10(2)14-15(21)16(26-19(14)24(4)11(9)3)18-23-22-17(25-18)12-5-7-13(20)8-6-12/h5-8,19H,21H2,1-4H3. The predicted octanol–water partition coefficient (Wildman–Crippen LogP) is 4.65. The van der Waals surface area contributed by atoms with Crippen LogP contribution >= 0.6 is 23.4 Å². The number of nitrogens with two attached hydrogens (primary N) is 1. The van der Waals surface area contributed by atoms with Gasteiger partial charge in [-0.25, -0.2) is 0 Å². The Bertz CT molecular complexity index is 987. The molecule has 1 aromatic carbocycles. The van der Waals surface area contributed by atoms with Crippen LogP contribution in [0, 0.1) is 0 Å². The normalized spacial score (nSPS) is 20.3. The molecule has 5 nitrogen and oxygen atoms in total. The van der Waals surface area contributed by atoms with Crippen LogP contribution in [-0.2, 0) is 0 Å². The molecule has 0 aliphatic carbocycles. The Kier molecular flexibility index (Phi) is 4.12. The number of benzene rings is 1. The Morgan fingerprint density at radius 2 is 1.73 bits per heavy atom. The van der Waals surface area contributed by atoms with Crippen molar-refractivity contribution in [2.75, 3.05) is 7.05 Å². The minimum absolute atomic E-state index is 0.139. The molecular formula is C19H19ClN4OS. The Hall–Kier alpha value is -2.18. The summed E-state index contributed by atoms with van der Waals surface area (Å²) in [6.07, 6.45) is 0. The third kappa shape index (κ3) is 2.56. The molecule has 1 aromatic heterocycles. The highest BCUT2D eigenvalue weighted by molar-refractivity contribution is 8.09. The zero-order valence-electron chi connectivity index (χ0n) is 15.0. The summed E-state index contributed by atoms with van der Waals surface area (Å²) in [5, 5.41) is 9.21. The van der Waals surface area contributed by atoms with Gasteiger partial charge in [-0.3, -0.25) is 0 Å². The minimum atomic E-state index is 0.139. The van der Waals surface area contributed by atoms with Crippen LogP contribution < -0.4 is 5.73 Å². The molecule has 26 heavy (non-hydrogen) atoms. The summed E-state index contributed by atoms with van der Waals surface area (Å²) in [7, 11) is 2.09. The molecule has 2 aliphatic rings. The summed E-state index contributed by atoms with van der Waals surface area (Å²) in [6.45, 7) is 6.39. The lowest BCUT2D eigenvalue weighted by Crippen LogP contribution is -2.33. The molecule has 0 radical (unpaired) electrons. The summed E-state index contributed by atoms with van der Waals surface area (Å²) in [5.41, 5.74) is 12.9. The van der Waals surface area contributed by atoms with Crippen LogP contribution in [-0.4, -0.2) is 27.5 Å². The number of fused-ring (bicyclic) bond motifs is 1. The lowest BCUT2D eigenvalue weighted by molar-refractivity contribution is 0.415. The molecule has 3 heterocycles. The van der Waals surface area contributed by atoms with E-state index in [1.54, 1.807) is 23.9 Å². The van der Waals surface area contributed by atoms with E-state index in [9.17, 15) is 0 Å². The van der Waals surface area contributed by atoms with Crippen LogP contribution in [0.25, 0.3) is 16.4 Å². The zero-order valence-corrected chi connectivity index (χ0v) is 16.6. The van der Waals surface area contributed by atoms with Gasteiger partial charge in [0.05, 0.1) is 10.6 Å². The molecule has 0 saturated heterocycles. The molecular weight excluding hydrogens is 368 g/mol. The fraction of sp³-hybridized carbons (Fsp3) is 0.263. The quantitative estimate of drug-likeness (QED) is 0.810. The number of halogens is 1. The van der Waals surface area contributed by atoms with E-state index in [2.05, 4.69) is 42.9 Å². The maximum atomic E-state index is 6.50. The molecule has 2 N–H and O–H groups in total. The van der Waals surface area contributed by atoms with Crippen LogP contribution in [0.5, 0.6) is 0 Å². The van der Waals surface area contributed by atoms with Crippen molar-refractivity contribution in [3.63, 3.8) is 0 Å².